The standard InChI is InChI=1S/C16H19N3O4/c1-10-8-11(2)19(18-10)7-6-15(20)17-12-4-5-13(16(21)22)14(9-12)23-3/h4-5,8-9H,6-7H2,1-3H3,(H,17,20)(H,21,22). The van der Waals surface area contributed by atoms with Gasteiger partial charge in [-0.25, -0.2) is 4.79 Å². The summed E-state index contributed by atoms with van der Waals surface area (Å²) in [7, 11) is 1.39. The Morgan fingerprint density at radius 2 is 2.04 bits per heavy atom. The van der Waals surface area contributed by atoms with E-state index < -0.39 is 5.97 Å². The van der Waals surface area contributed by atoms with Crippen LogP contribution in [0.4, 0.5) is 5.69 Å². The van der Waals surface area contributed by atoms with Crippen LogP contribution in [0.2, 0.25) is 0 Å². The topological polar surface area (TPSA) is 93.5 Å². The summed E-state index contributed by atoms with van der Waals surface area (Å²) in [4.78, 5) is 23.0. The Kier molecular flexibility index (Phi) is 5.00. The van der Waals surface area contributed by atoms with Crippen molar-refractivity contribution in [1.82, 2.24) is 9.78 Å². The van der Waals surface area contributed by atoms with E-state index in [0.29, 0.717) is 12.2 Å². The molecule has 23 heavy (non-hydrogen) atoms. The van der Waals surface area contributed by atoms with Gasteiger partial charge in [0, 0.05) is 30.4 Å². The Balaban J connectivity index is 2.00. The zero-order valence-corrected chi connectivity index (χ0v) is 13.3. The van der Waals surface area contributed by atoms with Gasteiger partial charge in [-0.05, 0) is 32.0 Å². The smallest absolute Gasteiger partial charge is 0.339 e. The number of carbonyl (C=O) groups excluding carboxylic acids is 1. The lowest BCUT2D eigenvalue weighted by molar-refractivity contribution is -0.116. The van der Waals surface area contributed by atoms with Crippen LogP contribution in [0, 0.1) is 13.8 Å². The highest BCUT2D eigenvalue weighted by Gasteiger charge is 2.12. The molecule has 0 aliphatic heterocycles. The second kappa shape index (κ2) is 6.95. The maximum Gasteiger partial charge on any atom is 0.339 e. The first-order chi connectivity index (χ1) is 10.9. The molecule has 2 rings (SSSR count). The van der Waals surface area contributed by atoms with Gasteiger partial charge in [0.25, 0.3) is 0 Å². The van der Waals surface area contributed by atoms with Gasteiger partial charge in [-0.3, -0.25) is 9.48 Å². The average molecular weight is 317 g/mol. The molecule has 7 nitrogen and oxygen atoms in total. The third kappa shape index (κ3) is 4.09. The van der Waals surface area contributed by atoms with E-state index in [4.69, 9.17) is 9.84 Å². The predicted octanol–water partition coefficient (Wildman–Crippen LogP) is 2.24. The number of ether oxygens (including phenoxy) is 1. The molecule has 7 heteroatoms. The molecule has 0 saturated heterocycles. The first kappa shape index (κ1) is 16.5. The number of carboxylic acid groups (broad SMARTS) is 1. The number of nitrogens with one attached hydrogen (secondary N) is 1. The molecule has 2 N–H and O–H groups in total. The second-order valence-corrected chi connectivity index (χ2v) is 5.17. The van der Waals surface area contributed by atoms with Crippen molar-refractivity contribution in [3.05, 3.63) is 41.2 Å². The fraction of sp³-hybridized carbons (Fsp3) is 0.312. The van der Waals surface area contributed by atoms with Gasteiger partial charge in [-0.15, -0.1) is 0 Å². The zero-order valence-electron chi connectivity index (χ0n) is 13.3. The van der Waals surface area contributed by atoms with E-state index in [0.717, 1.165) is 11.4 Å². The minimum atomic E-state index is -1.08. The number of benzene rings is 1. The molecule has 0 bridgehead atoms. The maximum atomic E-state index is 12.0. The number of hydrogen-bond donors (Lipinski definition) is 2. The number of carboxylic acids is 1. The molecule has 2 aromatic rings. The maximum absolute atomic E-state index is 12.0. The van der Waals surface area contributed by atoms with Crippen molar-refractivity contribution in [1.29, 1.82) is 0 Å². The molecule has 0 unspecified atom stereocenters. The number of aryl methyl sites for hydroxylation is 3. The van der Waals surface area contributed by atoms with Crippen LogP contribution in [-0.4, -0.2) is 33.9 Å². The van der Waals surface area contributed by atoms with E-state index in [-0.39, 0.29) is 23.6 Å². The van der Waals surface area contributed by atoms with Gasteiger partial charge in [0.15, 0.2) is 0 Å². The number of aromatic nitrogens is 2. The third-order valence-electron chi connectivity index (χ3n) is 3.37. The Bertz CT molecular complexity index is 737. The summed E-state index contributed by atoms with van der Waals surface area (Å²) in [5.74, 6) is -1.05. The lowest BCUT2D eigenvalue weighted by Crippen LogP contribution is -2.16. The van der Waals surface area contributed by atoms with Gasteiger partial charge >= 0.3 is 5.97 Å². The van der Waals surface area contributed by atoms with Crippen LogP contribution in [0.25, 0.3) is 0 Å². The summed E-state index contributed by atoms with van der Waals surface area (Å²) in [5, 5.41) is 16.1. The van der Waals surface area contributed by atoms with Gasteiger partial charge < -0.3 is 15.2 Å². The Hall–Kier alpha value is -2.83. The Labute approximate surface area is 133 Å². The first-order valence-corrected chi connectivity index (χ1v) is 7.13. The quantitative estimate of drug-likeness (QED) is 0.852. The van der Waals surface area contributed by atoms with E-state index in [2.05, 4.69) is 10.4 Å². The normalized spacial score (nSPS) is 10.4. The Morgan fingerprint density at radius 1 is 1.30 bits per heavy atom. The van der Waals surface area contributed by atoms with Crippen molar-refractivity contribution < 1.29 is 19.4 Å². The second-order valence-electron chi connectivity index (χ2n) is 5.17. The largest absolute Gasteiger partial charge is 0.496 e. The summed E-state index contributed by atoms with van der Waals surface area (Å²) in [6.07, 6.45) is 0.269. The van der Waals surface area contributed by atoms with Gasteiger partial charge in [0.2, 0.25) is 5.91 Å². The first-order valence-electron chi connectivity index (χ1n) is 7.13. The highest BCUT2D eigenvalue weighted by Crippen LogP contribution is 2.23. The van der Waals surface area contributed by atoms with E-state index in [1.165, 1.54) is 25.3 Å². The van der Waals surface area contributed by atoms with Crippen LogP contribution < -0.4 is 10.1 Å². The number of carbonyl (C=O) groups is 2. The summed E-state index contributed by atoms with van der Waals surface area (Å²) < 4.78 is 6.81. The van der Waals surface area contributed by atoms with E-state index in [1.807, 2.05) is 19.9 Å². The number of nitrogens with zero attached hydrogens (tertiary/aromatic N) is 2. The SMILES string of the molecule is COc1cc(NC(=O)CCn2nc(C)cc2C)ccc1C(=O)O. The fourth-order valence-electron chi connectivity index (χ4n) is 2.28. The number of rotatable bonds is 6. The molecular formula is C16H19N3O4. The van der Waals surface area contributed by atoms with Crippen molar-refractivity contribution >= 4 is 17.6 Å². The Morgan fingerprint density at radius 3 is 2.61 bits per heavy atom. The van der Waals surface area contributed by atoms with Crippen LogP contribution in [0.5, 0.6) is 5.75 Å². The molecule has 1 aromatic carbocycles. The van der Waals surface area contributed by atoms with Crippen molar-refractivity contribution in [2.75, 3.05) is 12.4 Å². The number of anilines is 1. The fourth-order valence-corrected chi connectivity index (χ4v) is 2.28. The van der Waals surface area contributed by atoms with Crippen LogP contribution in [-0.2, 0) is 11.3 Å². The highest BCUT2D eigenvalue weighted by molar-refractivity contribution is 5.94. The van der Waals surface area contributed by atoms with Crippen molar-refractivity contribution in [3.8, 4) is 5.75 Å². The molecule has 0 spiro atoms. The molecule has 0 radical (unpaired) electrons. The molecule has 1 heterocycles. The average Bonchev–Trinajstić information content (AvgIpc) is 2.82. The van der Waals surface area contributed by atoms with Crippen LogP contribution >= 0.6 is 0 Å². The lowest BCUT2D eigenvalue weighted by atomic mass is 10.2. The predicted molar refractivity (Wildman–Crippen MR) is 84.9 cm³/mol. The highest BCUT2D eigenvalue weighted by atomic mass is 16.5. The summed E-state index contributed by atoms with van der Waals surface area (Å²) in [6, 6.07) is 6.38. The number of hydrogen-bond acceptors (Lipinski definition) is 4. The van der Waals surface area contributed by atoms with Gasteiger partial charge in [-0.2, -0.15) is 5.10 Å². The summed E-state index contributed by atoms with van der Waals surface area (Å²) in [5.41, 5.74) is 2.46. The monoisotopic (exact) mass is 317 g/mol. The molecule has 122 valence electrons. The third-order valence-corrected chi connectivity index (χ3v) is 3.37. The van der Waals surface area contributed by atoms with Crippen molar-refractivity contribution in [3.63, 3.8) is 0 Å². The van der Waals surface area contributed by atoms with Crippen molar-refractivity contribution in [2.45, 2.75) is 26.8 Å². The van der Waals surface area contributed by atoms with Gasteiger partial charge in [0.1, 0.15) is 11.3 Å². The van der Waals surface area contributed by atoms with E-state index in [9.17, 15) is 9.59 Å². The number of amides is 1. The summed E-state index contributed by atoms with van der Waals surface area (Å²) in [6.45, 7) is 4.32. The van der Waals surface area contributed by atoms with Crippen LogP contribution in [0.15, 0.2) is 24.3 Å². The molecule has 1 aromatic heterocycles. The zero-order chi connectivity index (χ0) is 17.0. The number of methoxy groups -OCH3 is 1. The minimum Gasteiger partial charge on any atom is -0.496 e. The summed E-state index contributed by atoms with van der Waals surface area (Å²) >= 11 is 0. The molecule has 0 atom stereocenters. The molecule has 1 amide bonds. The molecule has 0 saturated carbocycles. The molecular weight excluding hydrogens is 298 g/mol. The molecule has 0 aliphatic carbocycles. The number of aromatic carboxylic acids is 1. The van der Waals surface area contributed by atoms with Crippen LogP contribution in [0.3, 0.4) is 0 Å². The van der Waals surface area contributed by atoms with Crippen LogP contribution in [0.1, 0.15) is 28.2 Å². The van der Waals surface area contributed by atoms with Gasteiger partial charge in [0.05, 0.1) is 12.8 Å². The van der Waals surface area contributed by atoms with Crippen molar-refractivity contribution in [2.24, 2.45) is 0 Å². The minimum absolute atomic E-state index is 0.0492. The van der Waals surface area contributed by atoms with E-state index in [1.54, 1.807) is 4.68 Å². The molecule has 0 fully saturated rings. The van der Waals surface area contributed by atoms with Gasteiger partial charge in [-0.1, -0.05) is 0 Å². The lowest BCUT2D eigenvalue weighted by Gasteiger charge is -2.10. The van der Waals surface area contributed by atoms with E-state index >= 15 is 0 Å². The molecule has 0 aliphatic rings.